The minimum absolute atomic E-state index is 0.0299. The number of hydrogen-bond donors (Lipinski definition) is 1. The van der Waals surface area contributed by atoms with Crippen molar-refractivity contribution < 1.29 is 14.5 Å². The molecule has 0 aliphatic heterocycles. The smallest absolute Gasteiger partial charge is 0.306 e. The van der Waals surface area contributed by atoms with Gasteiger partial charge in [0.15, 0.2) is 0 Å². The number of nitrogens with zero attached hydrogens (tertiary/aromatic N) is 1. The van der Waals surface area contributed by atoms with Crippen molar-refractivity contribution in [1.82, 2.24) is 5.32 Å². The van der Waals surface area contributed by atoms with E-state index in [1.807, 2.05) is 0 Å². The zero-order chi connectivity index (χ0) is 13.5. The molecule has 0 spiro atoms. The Bertz CT molecular complexity index is 451. The van der Waals surface area contributed by atoms with E-state index in [9.17, 15) is 14.9 Å². The molecule has 0 heterocycles. The molecule has 0 unspecified atom stereocenters. The zero-order valence-corrected chi connectivity index (χ0v) is 11.4. The molecule has 18 heavy (non-hydrogen) atoms. The summed E-state index contributed by atoms with van der Waals surface area (Å²) in [5.41, 5.74) is 0.802. The van der Waals surface area contributed by atoms with Crippen LogP contribution >= 0.6 is 15.9 Å². The first-order valence-electron chi connectivity index (χ1n) is 5.25. The Morgan fingerprint density at radius 3 is 2.89 bits per heavy atom. The molecule has 1 rings (SSSR count). The normalized spacial score (nSPS) is 10.1. The zero-order valence-electron chi connectivity index (χ0n) is 9.81. The molecule has 0 saturated heterocycles. The van der Waals surface area contributed by atoms with Crippen LogP contribution in [-0.2, 0) is 16.1 Å². The predicted octanol–water partition coefficient (Wildman–Crippen LogP) is 2.01. The fourth-order valence-electron chi connectivity index (χ4n) is 1.36. The molecule has 6 nitrogen and oxygen atoms in total. The van der Waals surface area contributed by atoms with E-state index in [1.165, 1.54) is 13.2 Å². The Morgan fingerprint density at radius 1 is 1.56 bits per heavy atom. The minimum atomic E-state index is -0.442. The maximum Gasteiger partial charge on any atom is 0.306 e. The van der Waals surface area contributed by atoms with E-state index in [2.05, 4.69) is 26.0 Å². The SMILES string of the molecule is COC(=O)CCNCc1cccc([N+](=O)[O-])c1Br. The van der Waals surface area contributed by atoms with Crippen LogP contribution in [0.25, 0.3) is 0 Å². The van der Waals surface area contributed by atoms with Crippen LogP contribution in [0.15, 0.2) is 22.7 Å². The standard InChI is InChI=1S/C11H13BrN2O4/c1-18-10(15)5-6-13-7-8-3-2-4-9(11(8)12)14(16)17/h2-4,13H,5-7H2,1H3. The fraction of sp³-hybridized carbons (Fsp3) is 0.364. The number of nitro benzene ring substituents is 1. The van der Waals surface area contributed by atoms with Crippen molar-refractivity contribution in [2.24, 2.45) is 0 Å². The lowest BCUT2D eigenvalue weighted by molar-refractivity contribution is -0.385. The van der Waals surface area contributed by atoms with Crippen LogP contribution < -0.4 is 5.32 Å². The second kappa shape index (κ2) is 7.07. The van der Waals surface area contributed by atoms with Gasteiger partial charge in [-0.3, -0.25) is 14.9 Å². The van der Waals surface area contributed by atoms with E-state index >= 15 is 0 Å². The van der Waals surface area contributed by atoms with Gasteiger partial charge >= 0.3 is 5.97 Å². The van der Waals surface area contributed by atoms with E-state index in [0.29, 0.717) is 17.6 Å². The van der Waals surface area contributed by atoms with Crippen molar-refractivity contribution in [3.8, 4) is 0 Å². The van der Waals surface area contributed by atoms with Gasteiger partial charge in [0.25, 0.3) is 5.69 Å². The third-order valence-electron chi connectivity index (χ3n) is 2.30. The first-order valence-corrected chi connectivity index (χ1v) is 6.05. The Hall–Kier alpha value is -1.47. The lowest BCUT2D eigenvalue weighted by Gasteiger charge is -2.06. The molecule has 0 aliphatic rings. The molecule has 0 aliphatic carbocycles. The quantitative estimate of drug-likeness (QED) is 0.376. The van der Waals surface area contributed by atoms with Crippen molar-refractivity contribution in [3.05, 3.63) is 38.3 Å². The van der Waals surface area contributed by atoms with Gasteiger partial charge in [-0.2, -0.15) is 0 Å². The maximum atomic E-state index is 10.9. The highest BCUT2D eigenvalue weighted by molar-refractivity contribution is 9.10. The van der Waals surface area contributed by atoms with Crippen LogP contribution in [-0.4, -0.2) is 24.5 Å². The lowest BCUT2D eigenvalue weighted by atomic mass is 10.2. The highest BCUT2D eigenvalue weighted by atomic mass is 79.9. The van der Waals surface area contributed by atoms with Crippen LogP contribution in [0.2, 0.25) is 0 Å². The number of esters is 1. The van der Waals surface area contributed by atoms with E-state index in [1.54, 1.807) is 12.1 Å². The van der Waals surface area contributed by atoms with Crippen LogP contribution in [0.5, 0.6) is 0 Å². The van der Waals surface area contributed by atoms with Crippen LogP contribution in [0.4, 0.5) is 5.69 Å². The number of nitrogens with one attached hydrogen (secondary N) is 1. The number of halogens is 1. The van der Waals surface area contributed by atoms with E-state index in [-0.39, 0.29) is 18.1 Å². The average molecular weight is 317 g/mol. The van der Waals surface area contributed by atoms with Gasteiger partial charge in [0.1, 0.15) is 0 Å². The van der Waals surface area contributed by atoms with Crippen LogP contribution in [0.3, 0.4) is 0 Å². The van der Waals surface area contributed by atoms with Gasteiger partial charge in [-0.15, -0.1) is 0 Å². The summed E-state index contributed by atoms with van der Waals surface area (Å²) in [4.78, 5) is 21.2. The topological polar surface area (TPSA) is 81.5 Å². The Balaban J connectivity index is 2.55. The lowest BCUT2D eigenvalue weighted by Crippen LogP contribution is -2.18. The summed E-state index contributed by atoms with van der Waals surface area (Å²) < 4.78 is 4.96. The van der Waals surface area contributed by atoms with Crippen molar-refractivity contribution >= 4 is 27.6 Å². The highest BCUT2D eigenvalue weighted by Gasteiger charge is 2.14. The van der Waals surface area contributed by atoms with Crippen molar-refractivity contribution in [3.63, 3.8) is 0 Å². The number of benzene rings is 1. The second-order valence-electron chi connectivity index (χ2n) is 3.51. The molecule has 0 atom stereocenters. The van der Waals surface area contributed by atoms with Gasteiger partial charge in [-0.25, -0.2) is 0 Å². The number of hydrogen-bond acceptors (Lipinski definition) is 5. The summed E-state index contributed by atoms with van der Waals surface area (Å²) in [5, 5.41) is 13.7. The van der Waals surface area contributed by atoms with E-state index in [0.717, 1.165) is 5.56 Å². The molecule has 0 radical (unpaired) electrons. The van der Waals surface area contributed by atoms with Gasteiger partial charge < -0.3 is 10.1 Å². The molecular formula is C11H13BrN2O4. The molecule has 98 valence electrons. The summed E-state index contributed by atoms with van der Waals surface area (Å²) in [7, 11) is 1.33. The largest absolute Gasteiger partial charge is 0.469 e. The fourth-order valence-corrected chi connectivity index (χ4v) is 1.91. The third kappa shape index (κ3) is 4.08. The number of ether oxygens (including phenoxy) is 1. The van der Waals surface area contributed by atoms with Crippen molar-refractivity contribution in [2.75, 3.05) is 13.7 Å². The first-order chi connectivity index (χ1) is 8.56. The number of carbonyl (C=O) groups excluding carboxylic acids is 1. The summed E-state index contributed by atoms with van der Waals surface area (Å²) in [6.45, 7) is 0.904. The number of rotatable bonds is 6. The van der Waals surface area contributed by atoms with Gasteiger partial charge in [-0.05, 0) is 21.5 Å². The van der Waals surface area contributed by atoms with Gasteiger partial charge in [0.05, 0.1) is 22.9 Å². The molecule has 0 aromatic heterocycles. The average Bonchev–Trinajstić information content (AvgIpc) is 2.35. The first kappa shape index (κ1) is 14.6. The second-order valence-corrected chi connectivity index (χ2v) is 4.30. The molecule has 0 saturated carbocycles. The molecule has 0 fully saturated rings. The Kier molecular flexibility index (Phi) is 5.73. The number of methoxy groups -OCH3 is 1. The van der Waals surface area contributed by atoms with Crippen molar-refractivity contribution in [2.45, 2.75) is 13.0 Å². The summed E-state index contributed by atoms with van der Waals surface area (Å²) in [6.07, 6.45) is 0.267. The Morgan fingerprint density at radius 2 is 2.28 bits per heavy atom. The molecule has 0 bridgehead atoms. The number of carbonyl (C=O) groups is 1. The highest BCUT2D eigenvalue weighted by Crippen LogP contribution is 2.27. The molecule has 1 N–H and O–H groups in total. The molecule has 1 aromatic rings. The maximum absolute atomic E-state index is 10.9. The predicted molar refractivity (Wildman–Crippen MR) is 69.1 cm³/mol. The van der Waals surface area contributed by atoms with Gasteiger partial charge in [-0.1, -0.05) is 12.1 Å². The van der Waals surface area contributed by atoms with E-state index < -0.39 is 4.92 Å². The third-order valence-corrected chi connectivity index (χ3v) is 3.22. The van der Waals surface area contributed by atoms with Gasteiger partial charge in [0, 0.05) is 19.2 Å². The Labute approximate surface area is 113 Å². The van der Waals surface area contributed by atoms with Gasteiger partial charge in [0.2, 0.25) is 0 Å². The van der Waals surface area contributed by atoms with Crippen molar-refractivity contribution in [1.29, 1.82) is 0 Å². The molecular weight excluding hydrogens is 304 g/mol. The molecule has 1 aromatic carbocycles. The summed E-state index contributed by atoms with van der Waals surface area (Å²) in [5.74, 6) is -0.291. The van der Waals surface area contributed by atoms with E-state index in [4.69, 9.17) is 0 Å². The molecule has 7 heteroatoms. The summed E-state index contributed by atoms with van der Waals surface area (Å²) in [6, 6.07) is 4.84. The minimum Gasteiger partial charge on any atom is -0.469 e. The van der Waals surface area contributed by atoms with Crippen LogP contribution in [0.1, 0.15) is 12.0 Å². The summed E-state index contributed by atoms with van der Waals surface area (Å²) >= 11 is 3.20. The number of nitro groups is 1. The van der Waals surface area contributed by atoms with Crippen LogP contribution in [0, 0.1) is 10.1 Å². The monoisotopic (exact) mass is 316 g/mol. The molecule has 0 amide bonds.